The van der Waals surface area contributed by atoms with E-state index < -0.39 is 16.6 Å². The van der Waals surface area contributed by atoms with Gasteiger partial charge in [-0.25, -0.2) is 0 Å². The summed E-state index contributed by atoms with van der Waals surface area (Å²) >= 11 is 0. The van der Waals surface area contributed by atoms with Crippen LogP contribution in [0.25, 0.3) is 6.08 Å². The summed E-state index contributed by atoms with van der Waals surface area (Å²) < 4.78 is 0. The van der Waals surface area contributed by atoms with Crippen molar-refractivity contribution in [2.75, 3.05) is 0 Å². The number of hydrogen-bond donors (Lipinski definition) is 1. The first kappa shape index (κ1) is 9.86. The number of nitrogens with zero attached hydrogens (tertiary/aromatic N) is 1. The Morgan fingerprint density at radius 2 is 2.13 bits per heavy atom. The van der Waals surface area contributed by atoms with Gasteiger partial charge in [0.2, 0.25) is 0 Å². The minimum Gasteiger partial charge on any atom is -0.326 e. The summed E-state index contributed by atoms with van der Waals surface area (Å²) in [5.41, 5.74) is -0.925. The van der Waals surface area contributed by atoms with Gasteiger partial charge in [-0.1, -0.05) is 30.4 Å². The predicted molar refractivity (Wildman–Crippen MR) is 55.5 cm³/mol. The first-order chi connectivity index (χ1) is 7.06. The monoisotopic (exact) mass is 205 g/mol. The first-order valence-electron chi connectivity index (χ1n) is 4.71. The Morgan fingerprint density at radius 3 is 2.80 bits per heavy atom. The molecule has 0 saturated carbocycles. The highest BCUT2D eigenvalue weighted by molar-refractivity contribution is 5.58. The topological polar surface area (TPSA) is 63.4 Å². The highest BCUT2D eigenvalue weighted by atomic mass is 16.7. The summed E-state index contributed by atoms with van der Waals surface area (Å²) in [6.45, 7) is 1.63. The molecule has 0 aromatic heterocycles. The number of benzene rings is 1. The molecular weight excluding hydrogens is 194 g/mol. The molecule has 1 aliphatic carbocycles. The Labute approximate surface area is 87.0 Å². The number of rotatable bonds is 1. The van der Waals surface area contributed by atoms with E-state index in [1.807, 2.05) is 0 Å². The zero-order chi connectivity index (χ0) is 11.1. The van der Waals surface area contributed by atoms with Crippen LogP contribution in [-0.4, -0.2) is 10.0 Å². The molecule has 2 unspecified atom stereocenters. The van der Waals surface area contributed by atoms with Gasteiger partial charge in [-0.05, 0) is 18.6 Å². The van der Waals surface area contributed by atoms with E-state index in [0.29, 0.717) is 11.1 Å². The number of aliphatic hydroxyl groups is 1. The highest BCUT2D eigenvalue weighted by Gasteiger charge is 2.49. The molecule has 0 radical (unpaired) electrons. The predicted octanol–water partition coefficient (Wildman–Crippen LogP) is 1.77. The molecular formula is C11H11NO3. The first-order valence-corrected chi connectivity index (χ1v) is 4.71. The van der Waals surface area contributed by atoms with Crippen LogP contribution in [0.4, 0.5) is 0 Å². The summed E-state index contributed by atoms with van der Waals surface area (Å²) in [4.78, 5) is 10.3. The Kier molecular flexibility index (Phi) is 2.08. The normalized spacial score (nSPS) is 28.5. The fourth-order valence-corrected chi connectivity index (χ4v) is 1.87. The Hall–Kier alpha value is -1.68. The maximum absolute atomic E-state index is 11.0. The van der Waals surface area contributed by atoms with E-state index in [0.717, 1.165) is 0 Å². The lowest BCUT2D eigenvalue weighted by Crippen LogP contribution is -2.42. The largest absolute Gasteiger partial charge is 0.355 e. The van der Waals surface area contributed by atoms with Gasteiger partial charge in [0.25, 0.3) is 0 Å². The Balaban J connectivity index is 2.66. The van der Waals surface area contributed by atoms with Crippen LogP contribution in [0.5, 0.6) is 0 Å². The summed E-state index contributed by atoms with van der Waals surface area (Å²) in [5.74, 6) is -0.526. The molecule has 0 heterocycles. The molecule has 1 N–H and O–H groups in total. The standard InChI is InChI=1S/C11H11NO3/c1-8-6-7-9-4-2-3-5-10(9)11(8,13)12(14)15/h2-8,13H,1H3. The van der Waals surface area contributed by atoms with Crippen molar-refractivity contribution < 1.29 is 10.0 Å². The second-order valence-corrected chi connectivity index (χ2v) is 3.72. The van der Waals surface area contributed by atoms with Gasteiger partial charge in [-0.15, -0.1) is 0 Å². The van der Waals surface area contributed by atoms with Crippen LogP contribution < -0.4 is 0 Å². The zero-order valence-electron chi connectivity index (χ0n) is 8.25. The van der Waals surface area contributed by atoms with E-state index in [1.54, 1.807) is 43.3 Å². The van der Waals surface area contributed by atoms with Gasteiger partial charge >= 0.3 is 5.72 Å². The van der Waals surface area contributed by atoms with Crippen LogP contribution >= 0.6 is 0 Å². The lowest BCUT2D eigenvalue weighted by atomic mass is 9.83. The molecule has 0 bridgehead atoms. The van der Waals surface area contributed by atoms with Gasteiger partial charge in [0.1, 0.15) is 0 Å². The third kappa shape index (κ3) is 1.26. The van der Waals surface area contributed by atoms with Crippen LogP contribution in [0.3, 0.4) is 0 Å². The number of fused-ring (bicyclic) bond motifs is 1. The molecule has 1 aromatic rings. The van der Waals surface area contributed by atoms with Gasteiger partial charge in [-0.2, -0.15) is 0 Å². The smallest absolute Gasteiger partial charge is 0.326 e. The molecule has 0 saturated heterocycles. The van der Waals surface area contributed by atoms with Crippen molar-refractivity contribution in [3.8, 4) is 0 Å². The minimum atomic E-state index is -1.99. The Morgan fingerprint density at radius 1 is 1.47 bits per heavy atom. The highest BCUT2D eigenvalue weighted by Crippen LogP contribution is 2.37. The number of nitro groups is 1. The van der Waals surface area contributed by atoms with Crippen molar-refractivity contribution in [2.24, 2.45) is 5.92 Å². The van der Waals surface area contributed by atoms with Gasteiger partial charge in [0.15, 0.2) is 0 Å². The van der Waals surface area contributed by atoms with E-state index in [1.165, 1.54) is 0 Å². The van der Waals surface area contributed by atoms with Gasteiger partial charge in [0, 0.05) is 0 Å². The van der Waals surface area contributed by atoms with Crippen LogP contribution in [0, 0.1) is 16.0 Å². The molecule has 0 aliphatic heterocycles. The molecule has 0 fully saturated rings. The molecule has 4 heteroatoms. The molecule has 4 nitrogen and oxygen atoms in total. The molecule has 1 aliphatic rings. The molecule has 2 atom stereocenters. The summed E-state index contributed by atoms with van der Waals surface area (Å²) in [5, 5.41) is 21.1. The average molecular weight is 205 g/mol. The molecule has 0 amide bonds. The third-order valence-corrected chi connectivity index (χ3v) is 2.83. The number of hydrogen-bond acceptors (Lipinski definition) is 3. The maximum Gasteiger partial charge on any atom is 0.355 e. The van der Waals surface area contributed by atoms with E-state index in [-0.39, 0.29) is 0 Å². The average Bonchev–Trinajstić information content (AvgIpc) is 2.23. The van der Waals surface area contributed by atoms with Crippen LogP contribution in [0.15, 0.2) is 30.3 Å². The Bertz CT molecular complexity index is 441. The zero-order valence-corrected chi connectivity index (χ0v) is 8.25. The lowest BCUT2D eigenvalue weighted by molar-refractivity contribution is -0.645. The van der Waals surface area contributed by atoms with E-state index in [4.69, 9.17) is 0 Å². The van der Waals surface area contributed by atoms with Crippen LogP contribution in [-0.2, 0) is 5.72 Å². The maximum atomic E-state index is 11.0. The van der Waals surface area contributed by atoms with Crippen molar-refractivity contribution in [2.45, 2.75) is 12.6 Å². The quantitative estimate of drug-likeness (QED) is 0.431. The minimum absolute atomic E-state index is 0.366. The second kappa shape index (κ2) is 3.17. The van der Waals surface area contributed by atoms with Crippen LogP contribution in [0.1, 0.15) is 18.1 Å². The molecule has 0 spiro atoms. The fourth-order valence-electron chi connectivity index (χ4n) is 1.87. The van der Waals surface area contributed by atoms with E-state index >= 15 is 0 Å². The molecule has 2 rings (SSSR count). The molecule has 1 aromatic carbocycles. The van der Waals surface area contributed by atoms with E-state index in [2.05, 4.69) is 0 Å². The van der Waals surface area contributed by atoms with E-state index in [9.17, 15) is 15.2 Å². The molecule has 15 heavy (non-hydrogen) atoms. The van der Waals surface area contributed by atoms with Crippen molar-refractivity contribution in [3.05, 3.63) is 51.6 Å². The molecule has 78 valence electrons. The van der Waals surface area contributed by atoms with Gasteiger partial charge < -0.3 is 5.11 Å². The summed E-state index contributed by atoms with van der Waals surface area (Å²) in [7, 11) is 0. The summed E-state index contributed by atoms with van der Waals surface area (Å²) in [6.07, 6.45) is 3.46. The van der Waals surface area contributed by atoms with Crippen LogP contribution in [0.2, 0.25) is 0 Å². The van der Waals surface area contributed by atoms with Crippen molar-refractivity contribution in [1.82, 2.24) is 0 Å². The summed E-state index contributed by atoms with van der Waals surface area (Å²) in [6, 6.07) is 6.84. The van der Waals surface area contributed by atoms with Gasteiger partial charge in [0.05, 0.1) is 16.4 Å². The van der Waals surface area contributed by atoms with Gasteiger partial charge in [-0.3, -0.25) is 10.1 Å². The SMILES string of the molecule is CC1C=Cc2ccccc2C1(O)[N+](=O)[O-]. The second-order valence-electron chi connectivity index (χ2n) is 3.72. The third-order valence-electron chi connectivity index (χ3n) is 2.83. The van der Waals surface area contributed by atoms with Crippen molar-refractivity contribution >= 4 is 6.08 Å². The lowest BCUT2D eigenvalue weighted by Gasteiger charge is -2.28. The van der Waals surface area contributed by atoms with Crippen molar-refractivity contribution in [1.29, 1.82) is 0 Å². The van der Waals surface area contributed by atoms with Crippen molar-refractivity contribution in [3.63, 3.8) is 0 Å². The fraction of sp³-hybridized carbons (Fsp3) is 0.273.